The van der Waals surface area contributed by atoms with Gasteiger partial charge in [0.2, 0.25) is 0 Å². The normalized spacial score (nSPS) is 12.7. The number of phenolic OH excluding ortho intramolecular Hbond substituents is 3. The van der Waals surface area contributed by atoms with Crippen molar-refractivity contribution in [1.29, 1.82) is 0 Å². The third-order valence-corrected chi connectivity index (χ3v) is 1.89. The fourth-order valence-electron chi connectivity index (χ4n) is 1.25. The molecule has 0 aliphatic heterocycles. The lowest BCUT2D eigenvalue weighted by atomic mass is 10.0. The van der Waals surface area contributed by atoms with Crippen LogP contribution in [-0.4, -0.2) is 27.0 Å². The maximum atomic E-state index is 9.49. The molecule has 1 rings (SSSR count). The zero-order valence-corrected chi connectivity index (χ0v) is 7.51. The zero-order chi connectivity index (χ0) is 10.7. The highest BCUT2D eigenvalue weighted by Crippen LogP contribution is 2.37. The van der Waals surface area contributed by atoms with E-state index in [1.807, 2.05) is 0 Å². The summed E-state index contributed by atoms with van der Waals surface area (Å²) in [6, 6.07) is 2.10. The highest BCUT2D eigenvalue weighted by Gasteiger charge is 2.17. The molecule has 5 heteroatoms. The van der Waals surface area contributed by atoms with Gasteiger partial charge in [-0.1, -0.05) is 0 Å². The van der Waals surface area contributed by atoms with Gasteiger partial charge in [-0.2, -0.15) is 0 Å². The van der Waals surface area contributed by atoms with Crippen LogP contribution in [0.25, 0.3) is 0 Å². The van der Waals surface area contributed by atoms with Gasteiger partial charge in [0.1, 0.15) is 17.2 Å². The van der Waals surface area contributed by atoms with Crippen molar-refractivity contribution in [2.24, 2.45) is 5.73 Å². The Balaban J connectivity index is 3.07. The molecule has 0 unspecified atom stereocenters. The Labute approximate surface area is 81.0 Å². The van der Waals surface area contributed by atoms with Gasteiger partial charge in [0, 0.05) is 12.1 Å². The van der Waals surface area contributed by atoms with Crippen molar-refractivity contribution in [2.75, 3.05) is 6.54 Å². The van der Waals surface area contributed by atoms with Crippen LogP contribution in [0, 0.1) is 0 Å². The smallest absolute Gasteiger partial charge is 0.128 e. The van der Waals surface area contributed by atoms with Crippen molar-refractivity contribution in [3.63, 3.8) is 0 Å². The predicted octanol–water partition coefficient (Wildman–Crippen LogP) is 0.186. The number of hydrogen-bond donors (Lipinski definition) is 5. The summed E-state index contributed by atoms with van der Waals surface area (Å²) in [6.45, 7) is 0.237. The van der Waals surface area contributed by atoms with Crippen LogP contribution in [0.2, 0.25) is 0 Å². The minimum atomic E-state index is -1.03. The SMILES string of the molecule is NCC[C@H](O)c1c(O)cc(O)cc1O. The van der Waals surface area contributed by atoms with Crippen molar-refractivity contribution >= 4 is 0 Å². The molecule has 1 aromatic rings. The molecule has 0 heterocycles. The van der Waals surface area contributed by atoms with Gasteiger partial charge in [0.15, 0.2) is 0 Å². The van der Waals surface area contributed by atoms with Crippen molar-refractivity contribution in [3.8, 4) is 17.2 Å². The highest BCUT2D eigenvalue weighted by atomic mass is 16.3. The average Bonchev–Trinajstić information content (AvgIpc) is 2.01. The van der Waals surface area contributed by atoms with Crippen molar-refractivity contribution < 1.29 is 20.4 Å². The van der Waals surface area contributed by atoms with Gasteiger partial charge < -0.3 is 26.2 Å². The molecule has 14 heavy (non-hydrogen) atoms. The lowest BCUT2D eigenvalue weighted by molar-refractivity contribution is 0.162. The fourth-order valence-corrected chi connectivity index (χ4v) is 1.25. The van der Waals surface area contributed by atoms with Crippen LogP contribution in [0.15, 0.2) is 12.1 Å². The van der Waals surface area contributed by atoms with Crippen LogP contribution in [0.5, 0.6) is 17.2 Å². The van der Waals surface area contributed by atoms with E-state index in [4.69, 9.17) is 10.8 Å². The molecule has 6 N–H and O–H groups in total. The second kappa shape index (κ2) is 4.17. The Bertz CT molecular complexity index is 304. The third-order valence-electron chi connectivity index (χ3n) is 1.89. The van der Waals surface area contributed by atoms with E-state index < -0.39 is 6.10 Å². The monoisotopic (exact) mass is 199 g/mol. The Morgan fingerprint density at radius 1 is 1.14 bits per heavy atom. The van der Waals surface area contributed by atoms with Gasteiger partial charge in [-0.3, -0.25) is 0 Å². The predicted molar refractivity (Wildman–Crippen MR) is 50.1 cm³/mol. The number of aliphatic hydroxyl groups excluding tert-OH is 1. The molecule has 78 valence electrons. The van der Waals surface area contributed by atoms with Gasteiger partial charge in [0.25, 0.3) is 0 Å². The first-order chi connectivity index (χ1) is 6.56. The summed E-state index contributed by atoms with van der Waals surface area (Å²) in [5.74, 6) is -0.949. The number of aromatic hydroxyl groups is 3. The molecule has 0 fully saturated rings. The second-order valence-electron chi connectivity index (χ2n) is 2.99. The van der Waals surface area contributed by atoms with E-state index in [1.54, 1.807) is 0 Å². The summed E-state index contributed by atoms with van der Waals surface area (Å²) < 4.78 is 0. The maximum Gasteiger partial charge on any atom is 0.128 e. The van der Waals surface area contributed by atoms with Gasteiger partial charge in [-0.05, 0) is 13.0 Å². The van der Waals surface area contributed by atoms with Crippen molar-refractivity contribution in [1.82, 2.24) is 0 Å². The summed E-state index contributed by atoms with van der Waals surface area (Å²) >= 11 is 0. The van der Waals surface area contributed by atoms with Crippen LogP contribution in [0.4, 0.5) is 0 Å². The zero-order valence-electron chi connectivity index (χ0n) is 7.51. The number of phenols is 3. The number of benzene rings is 1. The number of hydrogen-bond acceptors (Lipinski definition) is 5. The van der Waals surface area contributed by atoms with Crippen molar-refractivity contribution in [2.45, 2.75) is 12.5 Å². The molecule has 0 aliphatic rings. The Hall–Kier alpha value is -1.46. The standard InChI is InChI=1S/C9H13NO4/c10-2-1-6(12)9-7(13)3-5(11)4-8(9)14/h3-4,6,11-14H,1-2,10H2/t6-/m0/s1. The molecule has 0 aromatic heterocycles. The number of nitrogens with two attached hydrogens (primary N) is 1. The van der Waals surface area contributed by atoms with Gasteiger partial charge in [0.05, 0.1) is 11.7 Å². The quantitative estimate of drug-likeness (QED) is 0.477. The molecule has 0 aliphatic carbocycles. The second-order valence-corrected chi connectivity index (χ2v) is 2.99. The first-order valence-electron chi connectivity index (χ1n) is 4.19. The molecule has 0 amide bonds. The molecular formula is C9H13NO4. The van der Waals surface area contributed by atoms with Crippen LogP contribution >= 0.6 is 0 Å². The summed E-state index contributed by atoms with van der Waals surface area (Å²) in [4.78, 5) is 0. The molecule has 1 aromatic carbocycles. The summed E-state index contributed by atoms with van der Waals surface area (Å²) in [5, 5.41) is 37.2. The topological polar surface area (TPSA) is 107 Å². The van der Waals surface area contributed by atoms with Crippen molar-refractivity contribution in [3.05, 3.63) is 17.7 Å². The third kappa shape index (κ3) is 2.07. The van der Waals surface area contributed by atoms with Gasteiger partial charge in [-0.25, -0.2) is 0 Å². The molecule has 1 atom stereocenters. The Kier molecular flexibility index (Phi) is 3.16. The van der Waals surface area contributed by atoms with Crippen LogP contribution in [0.1, 0.15) is 18.1 Å². The Morgan fingerprint density at radius 3 is 2.07 bits per heavy atom. The first-order valence-corrected chi connectivity index (χ1v) is 4.19. The van der Waals surface area contributed by atoms with E-state index in [1.165, 1.54) is 0 Å². The fraction of sp³-hybridized carbons (Fsp3) is 0.333. The molecule has 0 radical (unpaired) electrons. The largest absolute Gasteiger partial charge is 0.508 e. The molecule has 5 nitrogen and oxygen atoms in total. The van der Waals surface area contributed by atoms with Gasteiger partial charge >= 0.3 is 0 Å². The minimum Gasteiger partial charge on any atom is -0.508 e. The molecule has 0 spiro atoms. The summed E-state index contributed by atoms with van der Waals surface area (Å²) in [5.41, 5.74) is 5.22. The van der Waals surface area contributed by atoms with E-state index in [2.05, 4.69) is 0 Å². The first kappa shape index (κ1) is 10.6. The summed E-state index contributed by atoms with van der Waals surface area (Å²) in [7, 11) is 0. The molecule has 0 saturated heterocycles. The molecule has 0 bridgehead atoms. The highest BCUT2D eigenvalue weighted by molar-refractivity contribution is 5.49. The van der Waals surface area contributed by atoms with E-state index in [0.717, 1.165) is 12.1 Å². The number of rotatable bonds is 3. The van der Waals surface area contributed by atoms with Crippen LogP contribution in [-0.2, 0) is 0 Å². The van der Waals surface area contributed by atoms with E-state index in [9.17, 15) is 15.3 Å². The molecular weight excluding hydrogens is 186 g/mol. The maximum absolute atomic E-state index is 9.49. The van der Waals surface area contributed by atoms with E-state index in [-0.39, 0.29) is 35.8 Å². The summed E-state index contributed by atoms with van der Waals surface area (Å²) in [6.07, 6.45) is -0.799. The van der Waals surface area contributed by atoms with Crippen LogP contribution in [0.3, 0.4) is 0 Å². The van der Waals surface area contributed by atoms with Crippen LogP contribution < -0.4 is 5.73 Å². The minimum absolute atomic E-state index is 0.00625. The van der Waals surface area contributed by atoms with E-state index >= 15 is 0 Å². The molecule has 0 saturated carbocycles. The van der Waals surface area contributed by atoms with Gasteiger partial charge in [-0.15, -0.1) is 0 Å². The van der Waals surface area contributed by atoms with E-state index in [0.29, 0.717) is 0 Å². The Morgan fingerprint density at radius 2 is 1.64 bits per heavy atom. The lowest BCUT2D eigenvalue weighted by Crippen LogP contribution is -2.07. The lowest BCUT2D eigenvalue weighted by Gasteiger charge is -2.13. The average molecular weight is 199 g/mol. The number of aliphatic hydroxyl groups is 1.